The fourth-order valence-electron chi connectivity index (χ4n) is 3.94. The van der Waals surface area contributed by atoms with Gasteiger partial charge < -0.3 is 0 Å². The zero-order chi connectivity index (χ0) is 22.6. The van der Waals surface area contributed by atoms with Crippen molar-refractivity contribution in [1.82, 2.24) is 9.80 Å². The molecule has 0 bridgehead atoms. The molecule has 0 unspecified atom stereocenters. The molecule has 2 aromatic carbocycles. The zero-order valence-corrected chi connectivity index (χ0v) is 18.3. The molecule has 1 heterocycles. The van der Waals surface area contributed by atoms with E-state index in [1.165, 1.54) is 9.80 Å². The van der Waals surface area contributed by atoms with Gasteiger partial charge in [-0.25, -0.2) is 0 Å². The Morgan fingerprint density at radius 1 is 0.774 bits per heavy atom. The normalized spacial score (nSPS) is 15.5. The Balaban J connectivity index is 2.12. The number of rotatable bonds is 6. The van der Waals surface area contributed by atoms with Gasteiger partial charge in [-0.3, -0.25) is 19.4 Å². The lowest BCUT2D eigenvalue weighted by Gasteiger charge is -2.45. The van der Waals surface area contributed by atoms with Gasteiger partial charge >= 0.3 is 0 Å². The highest BCUT2D eigenvalue weighted by atomic mass is 32.1. The Bertz CT molecular complexity index is 1010. The van der Waals surface area contributed by atoms with Gasteiger partial charge in [0.05, 0.1) is 23.3 Å². The lowest BCUT2D eigenvalue weighted by Crippen LogP contribution is -2.66. The molecule has 1 fully saturated rings. The van der Waals surface area contributed by atoms with Crippen molar-refractivity contribution in [3.63, 3.8) is 0 Å². The van der Waals surface area contributed by atoms with Gasteiger partial charge in [-0.05, 0) is 74.3 Å². The van der Waals surface area contributed by atoms with Crippen molar-refractivity contribution in [3.05, 3.63) is 70.8 Å². The molecule has 2 amide bonds. The molecule has 0 aromatic heterocycles. The predicted molar refractivity (Wildman–Crippen MR) is 120 cm³/mol. The average Bonchev–Trinajstić information content (AvgIpc) is 2.79. The lowest BCUT2D eigenvalue weighted by molar-refractivity contribution is -0.156. The molecule has 1 aliphatic heterocycles. The van der Waals surface area contributed by atoms with E-state index in [1.54, 1.807) is 48.5 Å². The topological polar surface area (TPSA) is 88.2 Å². The molecule has 1 aliphatic rings. The van der Waals surface area contributed by atoms with Gasteiger partial charge in [-0.2, -0.15) is 10.5 Å². The third-order valence-corrected chi connectivity index (χ3v) is 6.02. The van der Waals surface area contributed by atoms with Crippen LogP contribution < -0.4 is 0 Å². The molecule has 156 valence electrons. The van der Waals surface area contributed by atoms with Crippen LogP contribution in [-0.4, -0.2) is 39.8 Å². The molecule has 0 N–H and O–H groups in total. The summed E-state index contributed by atoms with van der Waals surface area (Å²) in [6.45, 7) is 4.40. The molecule has 0 atom stereocenters. The van der Waals surface area contributed by atoms with Crippen LogP contribution in [-0.2, 0) is 22.4 Å². The maximum absolute atomic E-state index is 13.7. The predicted octanol–water partition coefficient (Wildman–Crippen LogP) is 3.20. The van der Waals surface area contributed by atoms with E-state index in [9.17, 15) is 9.59 Å². The summed E-state index contributed by atoms with van der Waals surface area (Å²) in [6.07, 6.45) is 0.373. The zero-order valence-electron chi connectivity index (χ0n) is 17.5. The van der Waals surface area contributed by atoms with E-state index in [0.29, 0.717) is 24.2 Å². The van der Waals surface area contributed by atoms with Crippen LogP contribution >= 0.6 is 12.2 Å². The molecular formula is C24H22N4O2S. The van der Waals surface area contributed by atoms with E-state index in [2.05, 4.69) is 12.1 Å². The fraction of sp³-hybridized carbons (Fsp3) is 0.292. The summed E-state index contributed by atoms with van der Waals surface area (Å²) < 4.78 is 0. The van der Waals surface area contributed by atoms with Gasteiger partial charge in [0.15, 0.2) is 5.11 Å². The van der Waals surface area contributed by atoms with E-state index >= 15 is 0 Å². The van der Waals surface area contributed by atoms with Gasteiger partial charge in [-0.15, -0.1) is 0 Å². The molecule has 0 aliphatic carbocycles. The van der Waals surface area contributed by atoms with Crippen molar-refractivity contribution in [1.29, 1.82) is 10.5 Å². The highest BCUT2D eigenvalue weighted by Gasteiger charge is 2.55. The molecule has 6 nitrogen and oxygen atoms in total. The van der Waals surface area contributed by atoms with Gasteiger partial charge in [0, 0.05) is 13.1 Å². The molecule has 2 aromatic rings. The summed E-state index contributed by atoms with van der Waals surface area (Å²) in [5, 5.41) is 18.4. The SMILES string of the molecule is CCN1C(=O)C(Cc2ccc(C#N)cc2)(Cc2ccc(C#N)cc2)C(=O)N(CC)C1=S. The molecule has 0 saturated carbocycles. The summed E-state index contributed by atoms with van der Waals surface area (Å²) >= 11 is 5.44. The molecule has 0 spiro atoms. The van der Waals surface area contributed by atoms with Crippen molar-refractivity contribution < 1.29 is 9.59 Å². The van der Waals surface area contributed by atoms with E-state index in [0.717, 1.165) is 11.1 Å². The second-order valence-electron chi connectivity index (χ2n) is 7.43. The number of amides is 2. The quantitative estimate of drug-likeness (QED) is 0.519. The smallest absolute Gasteiger partial charge is 0.245 e. The van der Waals surface area contributed by atoms with Crippen LogP contribution in [0.25, 0.3) is 0 Å². The summed E-state index contributed by atoms with van der Waals surface area (Å²) in [4.78, 5) is 30.4. The second kappa shape index (κ2) is 9.07. The minimum absolute atomic E-state index is 0.186. The summed E-state index contributed by atoms with van der Waals surface area (Å²) in [5.74, 6) is -0.633. The highest BCUT2D eigenvalue weighted by Crippen LogP contribution is 2.37. The van der Waals surface area contributed by atoms with Crippen LogP contribution in [0.4, 0.5) is 0 Å². The number of nitriles is 2. The molecule has 1 saturated heterocycles. The number of hydrogen-bond donors (Lipinski definition) is 0. The van der Waals surface area contributed by atoms with E-state index in [4.69, 9.17) is 22.7 Å². The molecule has 31 heavy (non-hydrogen) atoms. The van der Waals surface area contributed by atoms with Crippen molar-refractivity contribution in [2.45, 2.75) is 26.7 Å². The maximum atomic E-state index is 13.7. The Morgan fingerprint density at radius 3 is 1.42 bits per heavy atom. The van der Waals surface area contributed by atoms with Crippen molar-refractivity contribution in [2.75, 3.05) is 13.1 Å². The average molecular weight is 431 g/mol. The number of hydrogen-bond acceptors (Lipinski definition) is 5. The van der Waals surface area contributed by atoms with E-state index in [-0.39, 0.29) is 29.8 Å². The first-order chi connectivity index (χ1) is 14.9. The van der Waals surface area contributed by atoms with Crippen LogP contribution in [0, 0.1) is 28.1 Å². The van der Waals surface area contributed by atoms with Crippen molar-refractivity contribution in [2.24, 2.45) is 5.41 Å². The highest BCUT2D eigenvalue weighted by molar-refractivity contribution is 7.80. The summed E-state index contributed by atoms with van der Waals surface area (Å²) in [7, 11) is 0. The Kier molecular flexibility index (Phi) is 6.48. The van der Waals surface area contributed by atoms with Crippen LogP contribution in [0.15, 0.2) is 48.5 Å². The van der Waals surface area contributed by atoms with E-state index in [1.807, 2.05) is 13.8 Å². The number of benzene rings is 2. The first-order valence-electron chi connectivity index (χ1n) is 10.1. The number of thiocarbonyl (C=S) groups is 1. The molecular weight excluding hydrogens is 408 g/mol. The third kappa shape index (κ3) is 4.05. The summed E-state index contributed by atoms with van der Waals surface area (Å²) in [6, 6.07) is 18.0. The second-order valence-corrected chi connectivity index (χ2v) is 7.80. The lowest BCUT2D eigenvalue weighted by atomic mass is 9.72. The van der Waals surface area contributed by atoms with Crippen molar-refractivity contribution in [3.8, 4) is 12.1 Å². The Labute approximate surface area is 187 Å². The van der Waals surface area contributed by atoms with Gasteiger partial charge in [0.25, 0.3) is 0 Å². The Morgan fingerprint density at radius 2 is 1.13 bits per heavy atom. The Hall–Kier alpha value is -3.55. The third-order valence-electron chi connectivity index (χ3n) is 5.58. The van der Waals surface area contributed by atoms with E-state index < -0.39 is 5.41 Å². The molecule has 7 heteroatoms. The summed E-state index contributed by atoms with van der Waals surface area (Å²) in [5.41, 5.74) is 1.23. The number of carbonyl (C=O) groups is 2. The van der Waals surface area contributed by atoms with Crippen LogP contribution in [0.1, 0.15) is 36.1 Å². The van der Waals surface area contributed by atoms with Gasteiger partial charge in [0.2, 0.25) is 11.8 Å². The van der Waals surface area contributed by atoms with Crippen LogP contribution in [0.5, 0.6) is 0 Å². The number of carbonyl (C=O) groups excluding carboxylic acids is 2. The largest absolute Gasteiger partial charge is 0.288 e. The van der Waals surface area contributed by atoms with Crippen LogP contribution in [0.3, 0.4) is 0 Å². The first kappa shape index (κ1) is 22.1. The minimum atomic E-state index is -1.36. The standard InChI is InChI=1S/C24H22N4O2S/c1-3-27-21(29)24(22(30)28(4-2)23(27)31,13-17-5-9-19(15-25)10-6-17)14-18-7-11-20(16-26)12-8-18/h5-12H,3-4,13-14H2,1-2H3. The van der Waals surface area contributed by atoms with Crippen LogP contribution in [0.2, 0.25) is 0 Å². The number of nitrogens with zero attached hydrogens (tertiary/aromatic N) is 4. The first-order valence-corrected chi connectivity index (χ1v) is 10.5. The van der Waals surface area contributed by atoms with Gasteiger partial charge in [0.1, 0.15) is 5.41 Å². The molecule has 0 radical (unpaired) electrons. The molecule has 3 rings (SSSR count). The maximum Gasteiger partial charge on any atom is 0.245 e. The minimum Gasteiger partial charge on any atom is -0.288 e. The van der Waals surface area contributed by atoms with Crippen molar-refractivity contribution >= 4 is 29.1 Å². The monoisotopic (exact) mass is 430 g/mol. The van der Waals surface area contributed by atoms with Gasteiger partial charge in [-0.1, -0.05) is 24.3 Å². The fourth-order valence-corrected chi connectivity index (χ4v) is 4.37.